The Morgan fingerprint density at radius 1 is 0.342 bits per heavy atom. The third kappa shape index (κ3) is 9.30. The first kappa shape index (κ1) is 46.5. The van der Waals surface area contributed by atoms with Gasteiger partial charge in [0.15, 0.2) is 0 Å². The number of benzene rings is 7. The highest BCUT2D eigenvalue weighted by molar-refractivity contribution is 6.04. The molecule has 0 saturated heterocycles. The van der Waals surface area contributed by atoms with E-state index in [1.807, 2.05) is 0 Å². The van der Waals surface area contributed by atoms with Crippen LogP contribution in [-0.2, 0) is 0 Å². The number of anilines is 3. The fraction of sp³-hybridized carbons (Fsp3) is 0.0857. The van der Waals surface area contributed by atoms with E-state index in [2.05, 4.69) is 269 Å². The van der Waals surface area contributed by atoms with Gasteiger partial charge in [0.1, 0.15) is 0 Å². The van der Waals surface area contributed by atoms with Crippen molar-refractivity contribution in [3.8, 4) is 67.0 Å². The predicted octanol–water partition coefficient (Wildman–Crippen LogP) is 19.5. The molecule has 2 aliphatic carbocycles. The second-order valence-corrected chi connectivity index (χ2v) is 18.9. The SMILES string of the molecule is C=C(C)c1nc(-c2ccc(N(c3ccccc3)c3ccc(-c4nc(C(=C)C)c(-c5ccccc5)c(C5=CCCC=C5)c4-c4ccccc4)cc3)cc2)c(-c2ccccc2)c(-c2ccccc2)c1C1=CCCC=C1. The maximum absolute atomic E-state index is 5.61. The quantitative estimate of drug-likeness (QED) is 0.115. The second-order valence-electron chi connectivity index (χ2n) is 18.9. The number of pyridine rings is 2. The van der Waals surface area contributed by atoms with Crippen LogP contribution in [0.25, 0.3) is 89.3 Å². The summed E-state index contributed by atoms with van der Waals surface area (Å²) in [6.07, 6.45) is 17.9. The Bertz CT molecular complexity index is 3600. The van der Waals surface area contributed by atoms with Gasteiger partial charge in [-0.2, -0.15) is 0 Å². The molecule has 0 saturated carbocycles. The molecule has 0 unspecified atom stereocenters. The van der Waals surface area contributed by atoms with Crippen LogP contribution in [0.3, 0.4) is 0 Å². The first-order valence-electron chi connectivity index (χ1n) is 25.4. The second kappa shape index (κ2) is 20.8. The molecule has 3 nitrogen and oxygen atoms in total. The Morgan fingerprint density at radius 3 is 1.08 bits per heavy atom. The van der Waals surface area contributed by atoms with Crippen molar-refractivity contribution in [2.75, 3.05) is 4.90 Å². The van der Waals surface area contributed by atoms with Gasteiger partial charge in [-0.05, 0) is 120 Å². The number of aromatic nitrogens is 2. The molecule has 0 N–H and O–H groups in total. The fourth-order valence-electron chi connectivity index (χ4n) is 10.5. The van der Waals surface area contributed by atoms with Gasteiger partial charge >= 0.3 is 0 Å². The standard InChI is InChI=1S/C70H57N3/c1-48(2)67-63(52-30-16-7-17-31-52)61(50-26-12-5-13-27-50)65(54-34-20-9-21-35-54)69(71-67)56-40-44-59(45-41-56)73(58-38-24-11-25-39-58)60-46-42-57(43-47-60)70-66(55-36-22-10-23-37-55)62(51-28-14-6-15-29-51)64(68(72-70)49(3)4)53-32-18-8-19-33-53/h5,8-14,16,18-47H,1,3,6-7,15,17H2,2,4H3. The molecule has 352 valence electrons. The van der Waals surface area contributed by atoms with Crippen molar-refractivity contribution in [2.45, 2.75) is 39.5 Å². The van der Waals surface area contributed by atoms with Crippen molar-refractivity contribution < 1.29 is 0 Å². The summed E-state index contributed by atoms with van der Waals surface area (Å²) in [5, 5.41) is 0. The van der Waals surface area contributed by atoms with Gasteiger partial charge in [-0.3, -0.25) is 0 Å². The van der Waals surface area contributed by atoms with Gasteiger partial charge in [0, 0.05) is 61.6 Å². The van der Waals surface area contributed by atoms with Gasteiger partial charge in [0.2, 0.25) is 0 Å². The number of hydrogen-bond donors (Lipinski definition) is 0. The summed E-state index contributed by atoms with van der Waals surface area (Å²) in [6.45, 7) is 13.2. The smallest absolute Gasteiger partial charge is 0.0794 e. The van der Waals surface area contributed by atoms with Crippen molar-refractivity contribution >= 4 is 39.4 Å². The normalized spacial score (nSPS) is 13.0. The van der Waals surface area contributed by atoms with E-state index in [9.17, 15) is 0 Å². The summed E-state index contributed by atoms with van der Waals surface area (Å²) < 4.78 is 0. The number of nitrogens with zero attached hydrogens (tertiary/aromatic N) is 3. The Morgan fingerprint density at radius 2 is 0.685 bits per heavy atom. The summed E-state index contributed by atoms with van der Waals surface area (Å²) in [4.78, 5) is 13.5. The number of para-hydroxylation sites is 1. The van der Waals surface area contributed by atoms with Gasteiger partial charge in [0.25, 0.3) is 0 Å². The molecular weight excluding hydrogens is 883 g/mol. The molecule has 0 amide bonds. The van der Waals surface area contributed by atoms with Crippen molar-refractivity contribution in [3.63, 3.8) is 0 Å². The van der Waals surface area contributed by atoms with Crippen LogP contribution >= 0.6 is 0 Å². The van der Waals surface area contributed by atoms with E-state index < -0.39 is 0 Å². The van der Waals surface area contributed by atoms with Gasteiger partial charge in [0.05, 0.1) is 22.8 Å². The summed E-state index contributed by atoms with van der Waals surface area (Å²) in [5.74, 6) is 0. The summed E-state index contributed by atoms with van der Waals surface area (Å²) in [6, 6.07) is 71.4. The van der Waals surface area contributed by atoms with Crippen LogP contribution in [0, 0.1) is 0 Å². The van der Waals surface area contributed by atoms with E-state index >= 15 is 0 Å². The van der Waals surface area contributed by atoms with Crippen LogP contribution in [0.15, 0.2) is 250 Å². The van der Waals surface area contributed by atoms with Gasteiger partial charge in [-0.1, -0.05) is 213 Å². The largest absolute Gasteiger partial charge is 0.311 e. The molecule has 7 aromatic carbocycles. The first-order chi connectivity index (χ1) is 35.9. The highest BCUT2D eigenvalue weighted by atomic mass is 15.1. The summed E-state index contributed by atoms with van der Waals surface area (Å²) in [7, 11) is 0. The van der Waals surface area contributed by atoms with Crippen LogP contribution in [0.5, 0.6) is 0 Å². The van der Waals surface area contributed by atoms with Crippen LogP contribution in [0.2, 0.25) is 0 Å². The minimum atomic E-state index is 0.902. The fourth-order valence-corrected chi connectivity index (χ4v) is 10.5. The zero-order valence-electron chi connectivity index (χ0n) is 41.6. The molecular formula is C70H57N3. The van der Waals surface area contributed by atoms with E-state index in [0.717, 1.165) is 138 Å². The van der Waals surface area contributed by atoms with Crippen LogP contribution in [0.4, 0.5) is 17.1 Å². The third-order valence-corrected chi connectivity index (χ3v) is 13.8. The molecule has 0 spiro atoms. The Balaban J connectivity index is 1.07. The minimum Gasteiger partial charge on any atom is -0.311 e. The van der Waals surface area contributed by atoms with E-state index in [1.54, 1.807) is 0 Å². The van der Waals surface area contributed by atoms with Crippen LogP contribution < -0.4 is 4.90 Å². The predicted molar refractivity (Wildman–Crippen MR) is 311 cm³/mol. The van der Waals surface area contributed by atoms with E-state index in [1.165, 1.54) is 16.7 Å². The van der Waals surface area contributed by atoms with E-state index in [4.69, 9.17) is 9.97 Å². The maximum atomic E-state index is 5.61. The zero-order chi connectivity index (χ0) is 49.7. The third-order valence-electron chi connectivity index (χ3n) is 13.8. The van der Waals surface area contributed by atoms with Gasteiger partial charge in [-0.15, -0.1) is 0 Å². The minimum absolute atomic E-state index is 0.902. The lowest BCUT2D eigenvalue weighted by Crippen LogP contribution is -2.10. The van der Waals surface area contributed by atoms with Crippen molar-refractivity contribution in [1.29, 1.82) is 0 Å². The van der Waals surface area contributed by atoms with Crippen molar-refractivity contribution in [1.82, 2.24) is 9.97 Å². The molecule has 9 aromatic rings. The molecule has 2 aromatic heterocycles. The zero-order valence-corrected chi connectivity index (χ0v) is 41.6. The maximum Gasteiger partial charge on any atom is 0.0794 e. The summed E-state index contributed by atoms with van der Waals surface area (Å²) in [5.41, 5.74) is 24.4. The van der Waals surface area contributed by atoms with Crippen molar-refractivity contribution in [2.24, 2.45) is 0 Å². The van der Waals surface area contributed by atoms with E-state index in [-0.39, 0.29) is 0 Å². The Kier molecular flexibility index (Phi) is 13.2. The summed E-state index contributed by atoms with van der Waals surface area (Å²) >= 11 is 0. The molecule has 0 aliphatic heterocycles. The lowest BCUT2D eigenvalue weighted by atomic mass is 9.82. The molecule has 0 atom stereocenters. The lowest BCUT2D eigenvalue weighted by molar-refractivity contribution is 1.04. The molecule has 2 aliphatic rings. The molecule has 0 fully saturated rings. The average Bonchev–Trinajstić information content (AvgIpc) is 3.46. The van der Waals surface area contributed by atoms with Gasteiger partial charge in [-0.25, -0.2) is 9.97 Å². The monoisotopic (exact) mass is 939 g/mol. The number of rotatable bonds is 13. The molecule has 2 heterocycles. The van der Waals surface area contributed by atoms with Crippen LogP contribution in [-0.4, -0.2) is 9.97 Å². The van der Waals surface area contributed by atoms with Crippen LogP contribution in [0.1, 0.15) is 62.0 Å². The molecule has 11 rings (SSSR count). The van der Waals surface area contributed by atoms with Gasteiger partial charge < -0.3 is 4.90 Å². The average molecular weight is 940 g/mol. The molecule has 0 bridgehead atoms. The number of hydrogen-bond acceptors (Lipinski definition) is 3. The highest BCUT2D eigenvalue weighted by Gasteiger charge is 2.28. The molecule has 0 radical (unpaired) electrons. The lowest BCUT2D eigenvalue weighted by Gasteiger charge is -2.27. The molecule has 3 heteroatoms. The number of allylic oxidation sites excluding steroid dienone is 10. The molecule has 73 heavy (non-hydrogen) atoms. The van der Waals surface area contributed by atoms with E-state index in [0.29, 0.717) is 0 Å². The Hall–Kier alpha value is -8.92. The first-order valence-corrected chi connectivity index (χ1v) is 25.4. The Labute approximate surface area is 431 Å². The topological polar surface area (TPSA) is 29.0 Å². The highest BCUT2D eigenvalue weighted by Crippen LogP contribution is 2.49. The van der Waals surface area contributed by atoms with Crippen molar-refractivity contribution in [3.05, 3.63) is 272 Å².